The SMILES string of the molecule is CN(C)O[SiH2]N(C)[SiH](C)C. The Balaban J connectivity index is 3.30. The number of hydroxylamine groups is 2. The molecule has 0 N–H and O–H groups in total. The molecule has 62 valence electrons. The van der Waals surface area contributed by atoms with Gasteiger partial charge in [-0.1, -0.05) is 13.1 Å². The molecule has 0 heterocycles. The highest BCUT2D eigenvalue weighted by Gasteiger charge is 2.04. The lowest BCUT2D eigenvalue weighted by molar-refractivity contribution is -0.00638. The second-order valence-corrected chi connectivity index (χ2v) is 8.23. The van der Waals surface area contributed by atoms with Crippen LogP contribution in [-0.2, 0) is 4.53 Å². The Morgan fingerprint density at radius 1 is 1.20 bits per heavy atom. The summed E-state index contributed by atoms with van der Waals surface area (Å²) in [5.74, 6) is 0. The average molecular weight is 178 g/mol. The Kier molecular flexibility index (Phi) is 5.19. The van der Waals surface area contributed by atoms with Gasteiger partial charge in [0.15, 0.2) is 0 Å². The van der Waals surface area contributed by atoms with Gasteiger partial charge in [-0.25, -0.2) is 5.06 Å². The van der Waals surface area contributed by atoms with Crippen LogP contribution in [-0.4, -0.2) is 49.3 Å². The predicted molar refractivity (Wildman–Crippen MR) is 50.0 cm³/mol. The summed E-state index contributed by atoms with van der Waals surface area (Å²) in [5.41, 5.74) is 0. The quantitative estimate of drug-likeness (QED) is 0.422. The second-order valence-electron chi connectivity index (χ2n) is 2.92. The van der Waals surface area contributed by atoms with E-state index in [2.05, 4.69) is 24.4 Å². The summed E-state index contributed by atoms with van der Waals surface area (Å²) in [5, 5.41) is 1.79. The second kappa shape index (κ2) is 5.03. The molecule has 0 aromatic rings. The molecule has 0 unspecified atom stereocenters. The Morgan fingerprint density at radius 2 is 1.70 bits per heavy atom. The van der Waals surface area contributed by atoms with Crippen molar-refractivity contribution in [2.75, 3.05) is 21.1 Å². The minimum atomic E-state index is -0.580. The molecule has 10 heavy (non-hydrogen) atoms. The van der Waals surface area contributed by atoms with E-state index in [0.717, 1.165) is 0 Å². The lowest BCUT2D eigenvalue weighted by Crippen LogP contribution is -2.37. The molecule has 0 fully saturated rings. The van der Waals surface area contributed by atoms with Crippen molar-refractivity contribution in [1.29, 1.82) is 0 Å². The summed E-state index contributed by atoms with van der Waals surface area (Å²) < 4.78 is 7.80. The van der Waals surface area contributed by atoms with E-state index >= 15 is 0 Å². The molecule has 0 amide bonds. The van der Waals surface area contributed by atoms with Gasteiger partial charge in [0.1, 0.15) is 0 Å². The third kappa shape index (κ3) is 5.13. The van der Waals surface area contributed by atoms with Crippen molar-refractivity contribution in [3.8, 4) is 0 Å². The normalized spacial score (nSPS) is 13.2. The van der Waals surface area contributed by atoms with E-state index in [0.29, 0.717) is 0 Å². The van der Waals surface area contributed by atoms with Gasteiger partial charge in [-0.15, -0.1) is 0 Å². The maximum Gasteiger partial charge on any atom is 0.258 e. The van der Waals surface area contributed by atoms with Crippen molar-refractivity contribution in [2.24, 2.45) is 0 Å². The van der Waals surface area contributed by atoms with Crippen LogP contribution >= 0.6 is 0 Å². The van der Waals surface area contributed by atoms with E-state index in [1.807, 2.05) is 14.1 Å². The molecule has 0 aliphatic heterocycles. The number of hydrogen-bond donors (Lipinski definition) is 0. The van der Waals surface area contributed by atoms with Crippen molar-refractivity contribution in [3.05, 3.63) is 0 Å². The first kappa shape index (κ1) is 10.3. The van der Waals surface area contributed by atoms with Crippen LogP contribution < -0.4 is 0 Å². The van der Waals surface area contributed by atoms with Crippen LogP contribution in [0.3, 0.4) is 0 Å². The van der Waals surface area contributed by atoms with Crippen LogP contribution in [0.1, 0.15) is 0 Å². The van der Waals surface area contributed by atoms with Crippen molar-refractivity contribution in [1.82, 2.24) is 9.29 Å². The third-order valence-corrected chi connectivity index (χ3v) is 6.84. The van der Waals surface area contributed by atoms with Gasteiger partial charge in [0.25, 0.3) is 9.92 Å². The number of hydrogen-bond acceptors (Lipinski definition) is 3. The molecule has 0 radical (unpaired) electrons. The van der Waals surface area contributed by atoms with E-state index in [-0.39, 0.29) is 0 Å². The zero-order valence-corrected chi connectivity index (χ0v) is 10.2. The van der Waals surface area contributed by atoms with Gasteiger partial charge in [0, 0.05) is 14.1 Å². The predicted octanol–water partition coefficient (Wildman–Crippen LogP) is -0.606. The fourth-order valence-corrected chi connectivity index (χ4v) is 2.16. The smallest absolute Gasteiger partial charge is 0.258 e. The Bertz CT molecular complexity index is 89.7. The van der Waals surface area contributed by atoms with Crippen LogP contribution in [0.4, 0.5) is 0 Å². The number of nitrogens with zero attached hydrogens (tertiary/aromatic N) is 2. The fourth-order valence-electron chi connectivity index (χ4n) is 0.356. The molecule has 5 heteroatoms. The van der Waals surface area contributed by atoms with E-state index in [1.54, 1.807) is 5.06 Å². The van der Waals surface area contributed by atoms with Gasteiger partial charge in [0.05, 0.1) is 8.96 Å². The molecule has 0 aliphatic carbocycles. The summed E-state index contributed by atoms with van der Waals surface area (Å²) in [6, 6.07) is 0. The van der Waals surface area contributed by atoms with Gasteiger partial charge < -0.3 is 8.76 Å². The maximum atomic E-state index is 5.40. The van der Waals surface area contributed by atoms with Crippen LogP contribution in [0.25, 0.3) is 0 Å². The molecule has 3 nitrogen and oxygen atoms in total. The first-order valence-corrected chi connectivity index (χ1v) is 7.58. The highest BCUT2D eigenvalue weighted by Crippen LogP contribution is 1.87. The van der Waals surface area contributed by atoms with E-state index in [1.165, 1.54) is 0 Å². The van der Waals surface area contributed by atoms with Crippen molar-refractivity contribution < 1.29 is 4.53 Å². The molecule has 0 bridgehead atoms. The summed E-state index contributed by atoms with van der Waals surface area (Å²) in [6.45, 7) is 4.62. The van der Waals surface area contributed by atoms with Gasteiger partial charge in [-0.05, 0) is 7.05 Å². The summed E-state index contributed by atoms with van der Waals surface area (Å²) in [4.78, 5) is 0. The molecule has 0 rings (SSSR count). The molecule has 0 aromatic carbocycles. The zero-order valence-electron chi connectivity index (χ0n) is 7.59. The Labute approximate surface area is 67.6 Å². The minimum absolute atomic E-state index is 0.438. The van der Waals surface area contributed by atoms with Gasteiger partial charge in [-0.2, -0.15) is 0 Å². The van der Waals surface area contributed by atoms with E-state index in [9.17, 15) is 0 Å². The standard InChI is InChI=1S/C5H18N2OSi2/c1-6(2)8-9-7(3)10(4)5/h10H,9H2,1-5H3. The molecular formula is C5H18N2OSi2. The van der Waals surface area contributed by atoms with Gasteiger partial charge in [0.2, 0.25) is 0 Å². The largest absolute Gasteiger partial charge is 0.333 e. The van der Waals surface area contributed by atoms with Crippen LogP contribution in [0, 0.1) is 0 Å². The van der Waals surface area contributed by atoms with Crippen LogP contribution in [0.5, 0.6) is 0 Å². The third-order valence-electron chi connectivity index (χ3n) is 1.40. The van der Waals surface area contributed by atoms with Gasteiger partial charge in [-0.3, -0.25) is 0 Å². The topological polar surface area (TPSA) is 15.7 Å². The lowest BCUT2D eigenvalue weighted by Gasteiger charge is -2.21. The Morgan fingerprint density at radius 3 is 2.00 bits per heavy atom. The van der Waals surface area contributed by atoms with Crippen LogP contribution in [0.2, 0.25) is 13.1 Å². The highest BCUT2D eigenvalue weighted by atomic mass is 28.3. The van der Waals surface area contributed by atoms with Crippen LogP contribution in [0.15, 0.2) is 0 Å². The number of rotatable bonds is 4. The summed E-state index contributed by atoms with van der Waals surface area (Å²) in [6.07, 6.45) is 0. The van der Waals surface area contributed by atoms with E-state index in [4.69, 9.17) is 4.53 Å². The fraction of sp³-hybridized carbons (Fsp3) is 1.00. The Hall–Kier alpha value is 0.314. The lowest BCUT2D eigenvalue weighted by atomic mass is 11.2. The molecular weight excluding hydrogens is 160 g/mol. The summed E-state index contributed by atoms with van der Waals surface area (Å²) in [7, 11) is 5.01. The van der Waals surface area contributed by atoms with Crippen molar-refractivity contribution in [3.63, 3.8) is 0 Å². The molecule has 0 atom stereocenters. The monoisotopic (exact) mass is 178 g/mol. The minimum Gasteiger partial charge on any atom is -0.333 e. The van der Waals surface area contributed by atoms with Gasteiger partial charge >= 0.3 is 0 Å². The van der Waals surface area contributed by atoms with Crippen molar-refractivity contribution in [2.45, 2.75) is 13.1 Å². The molecule has 0 spiro atoms. The van der Waals surface area contributed by atoms with E-state index < -0.39 is 18.9 Å². The highest BCUT2D eigenvalue weighted by molar-refractivity contribution is 6.60. The average Bonchev–Trinajstić information content (AvgIpc) is 1.82. The first-order chi connectivity index (χ1) is 4.54. The zero-order chi connectivity index (χ0) is 8.15. The van der Waals surface area contributed by atoms with Crippen molar-refractivity contribution >= 4 is 18.9 Å². The molecule has 0 saturated heterocycles. The molecule has 0 aliphatic rings. The maximum absolute atomic E-state index is 5.40. The summed E-state index contributed by atoms with van der Waals surface area (Å²) >= 11 is 0. The first-order valence-electron chi connectivity index (χ1n) is 3.54. The molecule has 0 aromatic heterocycles. The molecule has 0 saturated carbocycles.